The van der Waals surface area contributed by atoms with Gasteiger partial charge in [0, 0.05) is 29.0 Å². The number of hydrogen-bond donors (Lipinski definition) is 2. The van der Waals surface area contributed by atoms with E-state index in [1.54, 1.807) is 0 Å². The summed E-state index contributed by atoms with van der Waals surface area (Å²) in [6.07, 6.45) is 45.8. The summed E-state index contributed by atoms with van der Waals surface area (Å²) in [5.74, 6) is 3.32. The monoisotopic (exact) mass is 703 g/mol. The first-order valence-electron chi connectivity index (χ1n) is 23.2. The lowest BCUT2D eigenvalue weighted by atomic mass is 9.35. The highest BCUT2D eigenvalue weighted by Crippen LogP contribution is 2.85. The summed E-state index contributed by atoms with van der Waals surface area (Å²) in [4.78, 5) is 16.2. The van der Waals surface area contributed by atoms with Crippen LogP contribution in [0, 0.1) is 40.4 Å². The Kier molecular flexibility index (Phi) is 10.2. The standard InChI is InChI=1S/C46H74N2O3/c49-42(50)47-33-43-31-32-44(51-43,36-23-11-3-12-24-36)46(38-27-15-5-16-28-38)41(35-21-9-2-10-22-35)48(39-29-17-6-18-30-39)40(34-19-7-1-8-20-34)45(43,46)37-25-13-4-14-26-37/h31-32,34-41,47H,1-30,33H2,(H,49,50). The van der Waals surface area contributed by atoms with Crippen LogP contribution >= 0.6 is 0 Å². The Morgan fingerprint density at radius 3 is 1.45 bits per heavy atom. The zero-order valence-corrected chi connectivity index (χ0v) is 32.4. The topological polar surface area (TPSA) is 61.8 Å². The molecule has 286 valence electrons. The molecule has 5 nitrogen and oxygen atoms in total. The molecule has 2 N–H and O–H groups in total. The second-order valence-corrected chi connectivity index (χ2v) is 19.9. The maximum Gasteiger partial charge on any atom is 0.404 e. The molecule has 2 bridgehead atoms. The summed E-state index contributed by atoms with van der Waals surface area (Å²) < 4.78 is 8.43. The number of nitrogens with zero attached hydrogens (tertiary/aromatic N) is 1. The van der Waals surface area contributed by atoms with Gasteiger partial charge in [0.05, 0.1) is 12.1 Å². The molecule has 0 radical (unpaired) electrons. The molecular weight excluding hydrogens is 629 g/mol. The molecule has 9 rings (SSSR count). The van der Waals surface area contributed by atoms with Crippen molar-refractivity contribution in [1.82, 2.24) is 10.2 Å². The zero-order chi connectivity index (χ0) is 34.5. The van der Waals surface area contributed by atoms with Gasteiger partial charge in [0.25, 0.3) is 0 Å². The first-order valence-corrected chi connectivity index (χ1v) is 23.2. The van der Waals surface area contributed by atoms with Gasteiger partial charge in [-0.15, -0.1) is 0 Å². The third-order valence-corrected chi connectivity index (χ3v) is 18.0. The van der Waals surface area contributed by atoms with Gasteiger partial charge in [0.15, 0.2) is 0 Å². The molecule has 2 saturated heterocycles. The van der Waals surface area contributed by atoms with Crippen molar-refractivity contribution in [3.05, 3.63) is 12.2 Å². The van der Waals surface area contributed by atoms with Crippen molar-refractivity contribution in [2.45, 2.75) is 222 Å². The second kappa shape index (κ2) is 14.5. The van der Waals surface area contributed by atoms with Crippen LogP contribution in [0.5, 0.6) is 0 Å². The van der Waals surface area contributed by atoms with Gasteiger partial charge >= 0.3 is 6.09 Å². The van der Waals surface area contributed by atoms with Crippen LogP contribution in [0.25, 0.3) is 0 Å². The molecule has 8 fully saturated rings. The Bertz CT molecular complexity index is 1230. The van der Waals surface area contributed by atoms with E-state index in [4.69, 9.17) is 4.74 Å². The Hall–Kier alpha value is -1.07. The third kappa shape index (κ3) is 5.28. The van der Waals surface area contributed by atoms with Gasteiger partial charge in [-0.3, -0.25) is 4.90 Å². The Labute approximate surface area is 311 Å². The molecule has 9 aliphatic rings. The number of nitrogens with one attached hydrogen (secondary N) is 1. The van der Waals surface area contributed by atoms with E-state index in [2.05, 4.69) is 22.4 Å². The van der Waals surface area contributed by atoms with Crippen LogP contribution in [0.2, 0.25) is 0 Å². The molecule has 0 spiro atoms. The van der Waals surface area contributed by atoms with Gasteiger partial charge in [-0.2, -0.15) is 0 Å². The first kappa shape index (κ1) is 35.6. The molecule has 6 unspecified atom stereocenters. The summed E-state index contributed by atoms with van der Waals surface area (Å²) in [6.45, 7) is 0.456. The Morgan fingerprint density at radius 2 is 0.961 bits per heavy atom. The van der Waals surface area contributed by atoms with E-state index in [1.165, 1.54) is 193 Å². The lowest BCUT2D eigenvalue weighted by Crippen LogP contribution is -2.71. The van der Waals surface area contributed by atoms with Crippen LogP contribution in [-0.2, 0) is 4.74 Å². The fourth-order valence-electron chi connectivity index (χ4n) is 16.8. The summed E-state index contributed by atoms with van der Waals surface area (Å²) in [7, 11) is 0. The average Bonchev–Trinajstić information content (AvgIpc) is 3.82. The van der Waals surface area contributed by atoms with Crippen molar-refractivity contribution in [2.75, 3.05) is 6.54 Å². The van der Waals surface area contributed by atoms with Gasteiger partial charge in [-0.1, -0.05) is 128 Å². The normalized spacial score (nSPS) is 42.7. The van der Waals surface area contributed by atoms with Crippen molar-refractivity contribution >= 4 is 6.09 Å². The number of hydrogen-bond acceptors (Lipinski definition) is 3. The molecule has 1 amide bonds. The van der Waals surface area contributed by atoms with E-state index >= 15 is 0 Å². The third-order valence-electron chi connectivity index (χ3n) is 18.0. The zero-order valence-electron chi connectivity index (χ0n) is 32.4. The Balaban J connectivity index is 1.39. The predicted molar refractivity (Wildman–Crippen MR) is 206 cm³/mol. The number of carboxylic acid groups (broad SMARTS) is 1. The highest BCUT2D eigenvalue weighted by molar-refractivity contribution is 5.65. The molecular formula is C46H74N2O3. The van der Waals surface area contributed by atoms with Crippen molar-refractivity contribution in [1.29, 1.82) is 0 Å². The van der Waals surface area contributed by atoms with E-state index in [9.17, 15) is 9.90 Å². The smallest absolute Gasteiger partial charge is 0.404 e. The molecule has 0 aromatic heterocycles. The molecule has 0 aromatic carbocycles. The van der Waals surface area contributed by atoms with E-state index < -0.39 is 11.7 Å². The van der Waals surface area contributed by atoms with Crippen LogP contribution in [0.4, 0.5) is 4.79 Å². The maximum atomic E-state index is 12.8. The van der Waals surface area contributed by atoms with E-state index in [1.807, 2.05) is 0 Å². The van der Waals surface area contributed by atoms with Crippen molar-refractivity contribution in [2.24, 2.45) is 40.4 Å². The molecule has 3 heterocycles. The Morgan fingerprint density at radius 1 is 0.549 bits per heavy atom. The van der Waals surface area contributed by atoms with Gasteiger partial charge in [-0.05, 0) is 107 Å². The van der Waals surface area contributed by atoms with Crippen LogP contribution < -0.4 is 5.32 Å². The number of fused-ring (bicyclic) bond motifs is 5. The minimum Gasteiger partial charge on any atom is -0.465 e. The highest BCUT2D eigenvalue weighted by atomic mass is 16.5. The minimum atomic E-state index is -0.856. The van der Waals surface area contributed by atoms with Gasteiger partial charge in [-0.25, -0.2) is 4.79 Å². The number of amides is 1. The SMILES string of the molecule is O=C(O)NCC12C=CC(C3CCCCC3)(O1)C1(C3CCCCC3)C(C3CCCCC3)N(C3CCCCC3)C(C3CCCCC3)C21C1CCCCC1. The lowest BCUT2D eigenvalue weighted by molar-refractivity contribution is -0.160. The predicted octanol–water partition coefficient (Wildman–Crippen LogP) is 11.6. The minimum absolute atomic E-state index is 0.0430. The number of rotatable bonds is 8. The molecule has 3 aliphatic heterocycles. The number of likely N-dealkylation sites (tertiary alicyclic amines) is 1. The van der Waals surface area contributed by atoms with Crippen molar-refractivity contribution < 1.29 is 14.6 Å². The van der Waals surface area contributed by atoms with E-state index in [0.717, 1.165) is 5.92 Å². The van der Waals surface area contributed by atoms with Crippen LogP contribution in [0.1, 0.15) is 193 Å². The lowest BCUT2D eigenvalue weighted by Gasteiger charge is -2.65. The van der Waals surface area contributed by atoms with Crippen molar-refractivity contribution in [3.8, 4) is 0 Å². The van der Waals surface area contributed by atoms with Crippen LogP contribution in [0.3, 0.4) is 0 Å². The van der Waals surface area contributed by atoms with Gasteiger partial charge in [0.2, 0.25) is 0 Å². The van der Waals surface area contributed by atoms with E-state index in [-0.39, 0.29) is 16.4 Å². The summed E-state index contributed by atoms with van der Waals surface area (Å²) in [5, 5.41) is 13.6. The molecule has 6 atom stereocenters. The molecule has 6 saturated carbocycles. The second-order valence-electron chi connectivity index (χ2n) is 19.9. The van der Waals surface area contributed by atoms with Gasteiger partial charge in [0.1, 0.15) is 5.60 Å². The summed E-state index contributed by atoms with van der Waals surface area (Å²) in [5.41, 5.74) is -0.814. The fraction of sp³-hybridized carbons (Fsp3) is 0.935. The van der Waals surface area contributed by atoms with E-state index in [0.29, 0.717) is 48.3 Å². The fourth-order valence-corrected chi connectivity index (χ4v) is 16.8. The number of carbonyl (C=O) groups is 1. The van der Waals surface area contributed by atoms with Gasteiger partial charge < -0.3 is 15.2 Å². The highest BCUT2D eigenvalue weighted by Gasteiger charge is 2.91. The molecule has 51 heavy (non-hydrogen) atoms. The molecule has 6 aliphatic carbocycles. The number of ether oxygens (including phenoxy) is 1. The maximum absolute atomic E-state index is 12.8. The molecule has 5 heteroatoms. The van der Waals surface area contributed by atoms with Crippen LogP contribution in [0.15, 0.2) is 12.2 Å². The van der Waals surface area contributed by atoms with Crippen molar-refractivity contribution in [3.63, 3.8) is 0 Å². The first-order chi connectivity index (χ1) is 25.1. The summed E-state index contributed by atoms with van der Waals surface area (Å²) in [6, 6.07) is 1.79. The van der Waals surface area contributed by atoms with Crippen LogP contribution in [-0.4, -0.2) is 52.0 Å². The molecule has 0 aromatic rings. The summed E-state index contributed by atoms with van der Waals surface area (Å²) >= 11 is 0. The quantitative estimate of drug-likeness (QED) is 0.247. The largest absolute Gasteiger partial charge is 0.465 e. The average molecular weight is 703 g/mol.